The van der Waals surface area contributed by atoms with Crippen LogP contribution in [0.2, 0.25) is 0 Å². The molecule has 0 radical (unpaired) electrons. The number of aromatic nitrogens is 2. The summed E-state index contributed by atoms with van der Waals surface area (Å²) in [6.45, 7) is 1.40. The number of guanidine groups is 1. The van der Waals surface area contributed by atoms with Gasteiger partial charge in [-0.2, -0.15) is 4.98 Å². The molecular weight excluding hydrogens is 302 g/mol. The van der Waals surface area contributed by atoms with E-state index < -0.39 is 11.9 Å². The predicted octanol–water partition coefficient (Wildman–Crippen LogP) is -2.28. The van der Waals surface area contributed by atoms with Gasteiger partial charge in [0.2, 0.25) is 0 Å². The molecule has 23 heavy (non-hydrogen) atoms. The molecule has 1 aromatic heterocycles. The van der Waals surface area contributed by atoms with Crippen LogP contribution < -0.4 is 27.8 Å². The molecule has 1 fully saturated rings. The summed E-state index contributed by atoms with van der Waals surface area (Å²) in [7, 11) is 0. The first-order valence-corrected chi connectivity index (χ1v) is 7.43. The van der Waals surface area contributed by atoms with Crippen molar-refractivity contribution < 1.29 is 9.84 Å². The van der Waals surface area contributed by atoms with Crippen molar-refractivity contribution in [2.24, 2.45) is 5.73 Å². The van der Waals surface area contributed by atoms with Crippen molar-refractivity contribution in [1.29, 1.82) is 5.41 Å². The second-order valence-electron chi connectivity index (χ2n) is 5.34. The number of hydrogen-bond acceptors (Lipinski definition) is 7. The zero-order valence-electron chi connectivity index (χ0n) is 12.8. The molecule has 0 spiro atoms. The Kier molecular flexibility index (Phi) is 5.90. The van der Waals surface area contributed by atoms with Crippen molar-refractivity contribution >= 4 is 11.8 Å². The average molecular weight is 325 g/mol. The van der Waals surface area contributed by atoms with E-state index in [-0.39, 0.29) is 24.5 Å². The largest absolute Gasteiger partial charge is 0.394 e. The van der Waals surface area contributed by atoms with E-state index in [0.717, 1.165) is 5.56 Å². The molecule has 2 rings (SSSR count). The maximum absolute atomic E-state index is 12.1. The number of aryl methyl sites for hydroxylation is 1. The molecule has 0 aliphatic carbocycles. The third-order valence-corrected chi connectivity index (χ3v) is 3.55. The van der Waals surface area contributed by atoms with Crippen LogP contribution >= 0.6 is 0 Å². The van der Waals surface area contributed by atoms with E-state index >= 15 is 0 Å². The van der Waals surface area contributed by atoms with Gasteiger partial charge >= 0.3 is 5.69 Å². The van der Waals surface area contributed by atoms with Crippen molar-refractivity contribution in [3.63, 3.8) is 0 Å². The summed E-state index contributed by atoms with van der Waals surface area (Å²) in [6, 6.07) is 0. The van der Waals surface area contributed by atoms with Crippen molar-refractivity contribution in [2.75, 3.05) is 32.0 Å². The van der Waals surface area contributed by atoms with Gasteiger partial charge in [0, 0.05) is 31.4 Å². The maximum atomic E-state index is 12.1. The van der Waals surface area contributed by atoms with E-state index in [1.165, 1.54) is 4.57 Å². The van der Waals surface area contributed by atoms with Crippen molar-refractivity contribution in [2.45, 2.75) is 25.2 Å². The van der Waals surface area contributed by atoms with E-state index in [1.54, 1.807) is 6.20 Å². The number of hydrogen-bond donors (Lipinski definition) is 6. The molecule has 0 bridgehead atoms. The number of nitrogen functional groups attached to an aromatic ring is 1. The van der Waals surface area contributed by atoms with E-state index in [0.29, 0.717) is 32.5 Å². The first-order valence-electron chi connectivity index (χ1n) is 7.43. The maximum Gasteiger partial charge on any atom is 0.351 e. The number of aliphatic hydroxyl groups is 1. The third kappa shape index (κ3) is 4.65. The smallest absolute Gasteiger partial charge is 0.351 e. The summed E-state index contributed by atoms with van der Waals surface area (Å²) < 4.78 is 7.05. The number of rotatable bonds is 6. The summed E-state index contributed by atoms with van der Waals surface area (Å²) >= 11 is 0. The Morgan fingerprint density at radius 2 is 2.39 bits per heavy atom. The van der Waals surface area contributed by atoms with Gasteiger partial charge in [-0.05, 0) is 12.8 Å². The molecule has 0 aromatic carbocycles. The minimum Gasteiger partial charge on any atom is -0.394 e. The molecular formula is C13H23N7O3. The monoisotopic (exact) mass is 325 g/mol. The Labute approximate surface area is 133 Å². The Morgan fingerprint density at radius 3 is 3.09 bits per heavy atom. The molecule has 0 amide bonds. The highest BCUT2D eigenvalue weighted by Crippen LogP contribution is 2.15. The fourth-order valence-corrected chi connectivity index (χ4v) is 2.38. The lowest BCUT2D eigenvalue weighted by atomic mass is 10.1. The number of nitrogens with two attached hydrogens (primary N) is 2. The van der Waals surface area contributed by atoms with Gasteiger partial charge in [-0.25, -0.2) is 4.79 Å². The molecule has 2 unspecified atom stereocenters. The molecule has 128 valence electrons. The lowest BCUT2D eigenvalue weighted by Crippen LogP contribution is -2.46. The summed E-state index contributed by atoms with van der Waals surface area (Å²) in [4.78, 5) is 15.9. The minimum absolute atomic E-state index is 0.0854. The molecule has 1 aliphatic heterocycles. The molecule has 1 aromatic rings. The Bertz CT molecular complexity index is 604. The predicted molar refractivity (Wildman–Crippen MR) is 85.0 cm³/mol. The van der Waals surface area contributed by atoms with Crippen LogP contribution in [-0.4, -0.2) is 53.0 Å². The number of morpholine rings is 1. The molecule has 10 nitrogen and oxygen atoms in total. The molecule has 1 saturated heterocycles. The second-order valence-corrected chi connectivity index (χ2v) is 5.34. The highest BCUT2D eigenvalue weighted by molar-refractivity contribution is 5.74. The van der Waals surface area contributed by atoms with Crippen LogP contribution in [0.25, 0.3) is 0 Å². The third-order valence-electron chi connectivity index (χ3n) is 3.55. The van der Waals surface area contributed by atoms with Crippen LogP contribution in [0, 0.1) is 5.41 Å². The molecule has 8 N–H and O–H groups in total. The van der Waals surface area contributed by atoms with Crippen LogP contribution in [0.4, 0.5) is 5.82 Å². The quantitative estimate of drug-likeness (QED) is 0.193. The molecule has 0 saturated carbocycles. The van der Waals surface area contributed by atoms with E-state index in [1.807, 2.05) is 0 Å². The lowest BCUT2D eigenvalue weighted by Gasteiger charge is -2.30. The number of ether oxygens (including phenoxy) is 1. The number of aliphatic hydroxyl groups excluding tert-OH is 1. The van der Waals surface area contributed by atoms with Gasteiger partial charge in [-0.15, -0.1) is 0 Å². The topological polar surface area (TPSA) is 164 Å². The molecule has 2 atom stereocenters. The van der Waals surface area contributed by atoms with Crippen LogP contribution in [0.15, 0.2) is 11.0 Å². The van der Waals surface area contributed by atoms with E-state index in [4.69, 9.17) is 21.6 Å². The number of anilines is 1. The normalized spacial score (nSPS) is 21.1. The molecule has 2 heterocycles. The number of nitrogens with one attached hydrogen (secondary N) is 3. The fraction of sp³-hybridized carbons (Fsp3) is 0.615. The van der Waals surface area contributed by atoms with Crippen LogP contribution in [0.3, 0.4) is 0 Å². The van der Waals surface area contributed by atoms with Gasteiger partial charge in [-0.3, -0.25) is 9.98 Å². The van der Waals surface area contributed by atoms with E-state index in [9.17, 15) is 9.90 Å². The Balaban J connectivity index is 2.09. The summed E-state index contributed by atoms with van der Waals surface area (Å²) in [5.41, 5.74) is 11.3. The van der Waals surface area contributed by atoms with Crippen LogP contribution in [-0.2, 0) is 11.2 Å². The number of nitrogens with zero attached hydrogens (tertiary/aromatic N) is 2. The van der Waals surface area contributed by atoms with Crippen molar-refractivity contribution in [3.8, 4) is 0 Å². The fourth-order valence-electron chi connectivity index (χ4n) is 2.38. The second kappa shape index (κ2) is 7.90. The van der Waals surface area contributed by atoms with Crippen LogP contribution in [0.5, 0.6) is 0 Å². The molecule has 1 aliphatic rings. The highest BCUT2D eigenvalue weighted by atomic mass is 16.5. The summed E-state index contributed by atoms with van der Waals surface area (Å²) in [6.07, 6.45) is 2.03. The van der Waals surface area contributed by atoms with Gasteiger partial charge in [0.25, 0.3) is 0 Å². The zero-order valence-corrected chi connectivity index (χ0v) is 12.8. The Morgan fingerprint density at radius 1 is 1.61 bits per heavy atom. The summed E-state index contributed by atoms with van der Waals surface area (Å²) in [5.74, 6) is 0.106. The van der Waals surface area contributed by atoms with Crippen LogP contribution in [0.1, 0.15) is 18.2 Å². The summed E-state index contributed by atoms with van der Waals surface area (Å²) in [5, 5.41) is 22.1. The Hall–Kier alpha value is -2.17. The van der Waals surface area contributed by atoms with Crippen molar-refractivity contribution in [3.05, 3.63) is 22.2 Å². The minimum atomic E-state index is -0.532. The SMILES string of the molecule is N=C(N)NCCCc1cn(C2CNCC(CO)O2)c(=O)nc1N. The van der Waals surface area contributed by atoms with Gasteiger partial charge in [-0.1, -0.05) is 0 Å². The highest BCUT2D eigenvalue weighted by Gasteiger charge is 2.24. The van der Waals surface area contributed by atoms with Crippen molar-refractivity contribution in [1.82, 2.24) is 20.2 Å². The molecule has 10 heteroatoms. The average Bonchev–Trinajstić information content (AvgIpc) is 2.53. The standard InChI is InChI=1S/C13H23N7O3/c14-11-8(2-1-3-18-12(15)16)6-20(13(22)19-11)10-5-17-4-9(7-21)23-10/h6,9-10,17,21H,1-5,7H2,(H2,14,19,22)(H4,15,16,18). The first kappa shape index (κ1) is 17.2. The first-order chi connectivity index (χ1) is 11.0. The van der Waals surface area contributed by atoms with Gasteiger partial charge < -0.3 is 31.9 Å². The zero-order chi connectivity index (χ0) is 16.8. The van der Waals surface area contributed by atoms with E-state index in [2.05, 4.69) is 15.6 Å². The lowest BCUT2D eigenvalue weighted by molar-refractivity contribution is -0.0967. The van der Waals surface area contributed by atoms with Gasteiger partial charge in [0.15, 0.2) is 12.2 Å². The van der Waals surface area contributed by atoms with Gasteiger partial charge in [0.1, 0.15) is 5.82 Å². The van der Waals surface area contributed by atoms with Gasteiger partial charge in [0.05, 0.1) is 12.7 Å².